The number of hydrogen-bond acceptors (Lipinski definition) is 4. The van der Waals surface area contributed by atoms with Crippen LogP contribution < -0.4 is 10.6 Å². The molecule has 0 aromatic carbocycles. The maximum absolute atomic E-state index is 11.7. The summed E-state index contributed by atoms with van der Waals surface area (Å²) in [7, 11) is 0. The minimum absolute atomic E-state index is 0.0659. The molecule has 0 aliphatic carbocycles. The average Bonchev–Trinajstić information content (AvgIpc) is 2.59. The number of amides is 3. The van der Waals surface area contributed by atoms with Crippen LogP contribution in [0.1, 0.15) is 33.6 Å². The van der Waals surface area contributed by atoms with E-state index in [1.54, 1.807) is 25.7 Å². The summed E-state index contributed by atoms with van der Waals surface area (Å²) in [5, 5.41) is 13.9. The fraction of sp³-hybridized carbons (Fsp3) is 0.750. The van der Waals surface area contributed by atoms with Crippen LogP contribution in [0.4, 0.5) is 4.79 Å². The quantitative estimate of drug-likeness (QED) is 0.676. The van der Waals surface area contributed by atoms with E-state index in [0.717, 1.165) is 6.42 Å². The molecule has 0 spiro atoms. The maximum Gasteiger partial charge on any atom is 0.323 e. The summed E-state index contributed by atoms with van der Waals surface area (Å²) in [5.74, 6) is -1.43. The average molecular weight is 271 g/mol. The number of hydrogen-bond donors (Lipinski definition) is 3. The Morgan fingerprint density at radius 3 is 2.53 bits per heavy atom. The van der Waals surface area contributed by atoms with E-state index in [1.807, 2.05) is 0 Å². The molecule has 7 nitrogen and oxygen atoms in total. The Labute approximate surface area is 112 Å². The number of carboxylic acids is 1. The van der Waals surface area contributed by atoms with Crippen molar-refractivity contribution in [3.63, 3.8) is 0 Å². The topological polar surface area (TPSA) is 98.7 Å². The highest BCUT2D eigenvalue weighted by atomic mass is 16.4. The molecular weight excluding hydrogens is 250 g/mol. The SMILES string of the molecule is CC(C)NC(=O)NC(=O)CN1CCCC1(C)C(=O)O. The first-order chi connectivity index (χ1) is 8.75. The molecule has 1 heterocycles. The largest absolute Gasteiger partial charge is 0.480 e. The van der Waals surface area contributed by atoms with E-state index in [-0.39, 0.29) is 12.6 Å². The van der Waals surface area contributed by atoms with Gasteiger partial charge in [0.25, 0.3) is 0 Å². The molecule has 108 valence electrons. The number of carbonyl (C=O) groups is 3. The van der Waals surface area contributed by atoms with Crippen LogP contribution in [-0.2, 0) is 9.59 Å². The Morgan fingerprint density at radius 2 is 2.00 bits per heavy atom. The van der Waals surface area contributed by atoms with Gasteiger partial charge in [-0.1, -0.05) is 0 Å². The number of urea groups is 1. The highest BCUT2D eigenvalue weighted by Crippen LogP contribution is 2.28. The number of aliphatic carboxylic acids is 1. The molecule has 3 amide bonds. The first-order valence-corrected chi connectivity index (χ1v) is 6.34. The number of carboxylic acid groups (broad SMARTS) is 1. The highest BCUT2D eigenvalue weighted by molar-refractivity contribution is 5.95. The molecule has 1 unspecified atom stereocenters. The monoisotopic (exact) mass is 271 g/mol. The van der Waals surface area contributed by atoms with E-state index >= 15 is 0 Å². The number of nitrogens with one attached hydrogen (secondary N) is 2. The molecule has 0 bridgehead atoms. The Morgan fingerprint density at radius 1 is 1.37 bits per heavy atom. The van der Waals surface area contributed by atoms with E-state index in [0.29, 0.717) is 13.0 Å². The van der Waals surface area contributed by atoms with Crippen LogP contribution in [-0.4, -0.2) is 52.6 Å². The summed E-state index contributed by atoms with van der Waals surface area (Å²) in [6.07, 6.45) is 1.24. The van der Waals surface area contributed by atoms with Crippen molar-refractivity contribution in [1.82, 2.24) is 15.5 Å². The standard InChI is InChI=1S/C12H21N3O4/c1-8(2)13-11(19)14-9(16)7-15-6-4-5-12(15,3)10(17)18/h8H,4-7H2,1-3H3,(H,17,18)(H2,13,14,16,19). The van der Waals surface area contributed by atoms with Gasteiger partial charge in [0.05, 0.1) is 6.54 Å². The molecule has 1 aliphatic heterocycles. The zero-order valence-electron chi connectivity index (χ0n) is 11.5. The predicted molar refractivity (Wildman–Crippen MR) is 68.7 cm³/mol. The van der Waals surface area contributed by atoms with Crippen LogP contribution in [0, 0.1) is 0 Å². The fourth-order valence-electron chi connectivity index (χ4n) is 2.15. The lowest BCUT2D eigenvalue weighted by molar-refractivity contribution is -0.149. The van der Waals surface area contributed by atoms with Crippen molar-refractivity contribution in [1.29, 1.82) is 0 Å². The lowest BCUT2D eigenvalue weighted by atomic mass is 9.99. The summed E-state index contributed by atoms with van der Waals surface area (Å²) in [4.78, 5) is 35.9. The van der Waals surface area contributed by atoms with Gasteiger partial charge in [0.15, 0.2) is 0 Å². The molecule has 1 atom stereocenters. The number of rotatable bonds is 4. The first-order valence-electron chi connectivity index (χ1n) is 6.34. The lowest BCUT2D eigenvalue weighted by Gasteiger charge is -2.30. The second-order valence-corrected chi connectivity index (χ2v) is 5.28. The second kappa shape index (κ2) is 6.01. The van der Waals surface area contributed by atoms with Crippen LogP contribution in [0.3, 0.4) is 0 Å². The maximum atomic E-state index is 11.7. The first kappa shape index (κ1) is 15.4. The van der Waals surface area contributed by atoms with Crippen LogP contribution >= 0.6 is 0 Å². The van der Waals surface area contributed by atoms with Crippen molar-refractivity contribution < 1.29 is 19.5 Å². The van der Waals surface area contributed by atoms with Gasteiger partial charge >= 0.3 is 12.0 Å². The Kier molecular flexibility index (Phi) is 4.88. The highest BCUT2D eigenvalue weighted by Gasteiger charge is 2.43. The molecule has 3 N–H and O–H groups in total. The molecule has 1 rings (SSSR count). The van der Waals surface area contributed by atoms with Gasteiger partial charge in [0, 0.05) is 6.04 Å². The molecule has 0 saturated carbocycles. The molecule has 19 heavy (non-hydrogen) atoms. The number of imide groups is 1. The van der Waals surface area contributed by atoms with E-state index in [2.05, 4.69) is 10.6 Å². The summed E-state index contributed by atoms with van der Waals surface area (Å²) in [6, 6.07) is -0.625. The van der Waals surface area contributed by atoms with Crippen LogP contribution in [0.2, 0.25) is 0 Å². The molecule has 7 heteroatoms. The van der Waals surface area contributed by atoms with E-state index in [1.165, 1.54) is 0 Å². The van der Waals surface area contributed by atoms with Crippen molar-refractivity contribution in [2.75, 3.05) is 13.1 Å². The summed E-state index contributed by atoms with van der Waals surface area (Å²) < 4.78 is 0. The third-order valence-corrected chi connectivity index (χ3v) is 3.26. The van der Waals surface area contributed by atoms with E-state index in [4.69, 9.17) is 0 Å². The Hall–Kier alpha value is -1.63. The molecule has 0 aromatic rings. The van der Waals surface area contributed by atoms with Crippen LogP contribution in [0.25, 0.3) is 0 Å². The molecular formula is C12H21N3O4. The summed E-state index contributed by atoms with van der Waals surface area (Å²) >= 11 is 0. The van der Waals surface area contributed by atoms with Crippen LogP contribution in [0.15, 0.2) is 0 Å². The third-order valence-electron chi connectivity index (χ3n) is 3.26. The molecule has 1 aliphatic rings. The summed E-state index contributed by atoms with van der Waals surface area (Å²) in [5.41, 5.74) is -1.02. The van der Waals surface area contributed by atoms with Crippen LogP contribution in [0.5, 0.6) is 0 Å². The van der Waals surface area contributed by atoms with Gasteiger partial charge in [-0.05, 0) is 40.2 Å². The number of likely N-dealkylation sites (tertiary alicyclic amines) is 1. The molecule has 0 aromatic heterocycles. The van der Waals surface area contributed by atoms with Gasteiger partial charge in [0.1, 0.15) is 5.54 Å². The van der Waals surface area contributed by atoms with Gasteiger partial charge < -0.3 is 10.4 Å². The van der Waals surface area contributed by atoms with Gasteiger partial charge in [-0.15, -0.1) is 0 Å². The second-order valence-electron chi connectivity index (χ2n) is 5.28. The van der Waals surface area contributed by atoms with Crippen molar-refractivity contribution in [2.45, 2.75) is 45.2 Å². The number of nitrogens with zero attached hydrogens (tertiary/aromatic N) is 1. The number of carbonyl (C=O) groups excluding carboxylic acids is 2. The minimum Gasteiger partial charge on any atom is -0.480 e. The lowest BCUT2D eigenvalue weighted by Crippen LogP contribution is -2.53. The summed E-state index contributed by atoms with van der Waals surface area (Å²) in [6.45, 7) is 5.62. The van der Waals surface area contributed by atoms with Gasteiger partial charge in [0.2, 0.25) is 5.91 Å². The zero-order chi connectivity index (χ0) is 14.6. The van der Waals surface area contributed by atoms with Crippen molar-refractivity contribution in [2.24, 2.45) is 0 Å². The van der Waals surface area contributed by atoms with E-state index in [9.17, 15) is 19.5 Å². The van der Waals surface area contributed by atoms with Crippen molar-refractivity contribution in [3.8, 4) is 0 Å². The molecule has 1 fully saturated rings. The van der Waals surface area contributed by atoms with Gasteiger partial charge in [-0.2, -0.15) is 0 Å². The van der Waals surface area contributed by atoms with Gasteiger partial charge in [-0.3, -0.25) is 19.8 Å². The zero-order valence-corrected chi connectivity index (χ0v) is 11.5. The third kappa shape index (κ3) is 3.92. The van der Waals surface area contributed by atoms with Crippen molar-refractivity contribution >= 4 is 17.9 Å². The Balaban J connectivity index is 2.53. The molecule has 1 saturated heterocycles. The molecule has 0 radical (unpaired) electrons. The van der Waals surface area contributed by atoms with E-state index < -0.39 is 23.4 Å². The van der Waals surface area contributed by atoms with Gasteiger partial charge in [-0.25, -0.2) is 4.79 Å². The smallest absolute Gasteiger partial charge is 0.323 e. The normalized spacial score (nSPS) is 23.4. The predicted octanol–water partition coefficient (Wildman–Crippen LogP) is 0.160. The fourth-order valence-corrected chi connectivity index (χ4v) is 2.15. The van der Waals surface area contributed by atoms with Crippen molar-refractivity contribution in [3.05, 3.63) is 0 Å². The minimum atomic E-state index is -1.02. The Bertz CT molecular complexity index is 383.